The second-order valence-electron chi connectivity index (χ2n) is 7.51. The van der Waals surface area contributed by atoms with Crippen LogP contribution in [-0.2, 0) is 9.59 Å². The van der Waals surface area contributed by atoms with Crippen molar-refractivity contribution in [3.63, 3.8) is 0 Å². The molecule has 0 unspecified atom stereocenters. The van der Waals surface area contributed by atoms with Crippen LogP contribution in [0.3, 0.4) is 0 Å². The molecular formula is C23H25FN4O2S. The Bertz CT molecular complexity index is 972. The van der Waals surface area contributed by atoms with Crippen molar-refractivity contribution >= 4 is 35.0 Å². The Balaban J connectivity index is 1.17. The van der Waals surface area contributed by atoms with Crippen molar-refractivity contribution in [2.24, 2.45) is 0 Å². The van der Waals surface area contributed by atoms with Gasteiger partial charge in [-0.25, -0.2) is 4.39 Å². The Morgan fingerprint density at radius 1 is 1.10 bits per heavy atom. The van der Waals surface area contributed by atoms with Crippen LogP contribution in [0.5, 0.6) is 0 Å². The molecule has 2 heterocycles. The molecule has 1 saturated heterocycles. The Morgan fingerprint density at radius 2 is 1.84 bits per heavy atom. The van der Waals surface area contributed by atoms with E-state index >= 15 is 0 Å². The van der Waals surface area contributed by atoms with Crippen LogP contribution in [0.25, 0.3) is 0 Å². The molecule has 2 amide bonds. The summed E-state index contributed by atoms with van der Waals surface area (Å²) in [5.74, 6) is -0.719. The molecule has 2 aromatic rings. The minimum atomic E-state index is -0.252. The third-order valence-corrected chi connectivity index (χ3v) is 6.45. The summed E-state index contributed by atoms with van der Waals surface area (Å²) in [6.07, 6.45) is 2.21. The SMILES string of the molecule is O=C(C=C1Sc2ccccc2NC1=O)NCCCN1CCN(c2ccc(F)cc2)CC1. The Morgan fingerprint density at radius 3 is 2.61 bits per heavy atom. The number of rotatable bonds is 6. The molecule has 0 spiro atoms. The van der Waals surface area contributed by atoms with Crippen LogP contribution in [0.15, 0.2) is 64.4 Å². The molecule has 8 heteroatoms. The minimum Gasteiger partial charge on any atom is -0.369 e. The lowest BCUT2D eigenvalue weighted by Gasteiger charge is -2.36. The highest BCUT2D eigenvalue weighted by Crippen LogP contribution is 2.37. The highest BCUT2D eigenvalue weighted by atomic mass is 32.2. The van der Waals surface area contributed by atoms with Gasteiger partial charge in [0.15, 0.2) is 0 Å². The summed E-state index contributed by atoms with van der Waals surface area (Å²) >= 11 is 1.31. The maximum atomic E-state index is 13.1. The van der Waals surface area contributed by atoms with Gasteiger partial charge in [-0.3, -0.25) is 14.5 Å². The Labute approximate surface area is 185 Å². The fraction of sp³-hybridized carbons (Fsp3) is 0.304. The summed E-state index contributed by atoms with van der Waals surface area (Å²) in [6, 6.07) is 14.2. The second kappa shape index (κ2) is 9.98. The van der Waals surface area contributed by atoms with Gasteiger partial charge in [0, 0.05) is 49.4 Å². The van der Waals surface area contributed by atoms with Gasteiger partial charge in [-0.1, -0.05) is 23.9 Å². The van der Waals surface area contributed by atoms with Crippen molar-refractivity contribution in [2.45, 2.75) is 11.3 Å². The number of nitrogens with zero attached hydrogens (tertiary/aromatic N) is 2. The number of thioether (sulfide) groups is 1. The smallest absolute Gasteiger partial charge is 0.262 e. The summed E-state index contributed by atoms with van der Waals surface area (Å²) in [4.78, 5) is 30.3. The van der Waals surface area contributed by atoms with Crippen molar-refractivity contribution in [2.75, 3.05) is 49.5 Å². The molecule has 2 aliphatic rings. The molecule has 6 nitrogen and oxygen atoms in total. The molecule has 4 rings (SSSR count). The zero-order valence-electron chi connectivity index (χ0n) is 17.1. The van der Waals surface area contributed by atoms with E-state index in [-0.39, 0.29) is 17.6 Å². The van der Waals surface area contributed by atoms with Gasteiger partial charge < -0.3 is 15.5 Å². The molecule has 2 aromatic carbocycles. The summed E-state index contributed by atoms with van der Waals surface area (Å²) in [6.45, 7) is 5.13. The first-order valence-electron chi connectivity index (χ1n) is 10.4. The first-order valence-corrected chi connectivity index (χ1v) is 11.2. The van der Waals surface area contributed by atoms with E-state index in [9.17, 15) is 14.0 Å². The molecule has 0 atom stereocenters. The summed E-state index contributed by atoms with van der Waals surface area (Å²) in [5.41, 5.74) is 1.82. The number of carbonyl (C=O) groups is 2. The van der Waals surface area contributed by atoms with E-state index in [1.807, 2.05) is 36.4 Å². The Kier molecular flexibility index (Phi) is 6.89. The van der Waals surface area contributed by atoms with E-state index in [1.54, 1.807) is 0 Å². The molecule has 31 heavy (non-hydrogen) atoms. The Hall–Kier alpha value is -2.84. The molecule has 0 radical (unpaired) electrons. The third kappa shape index (κ3) is 5.65. The van der Waals surface area contributed by atoms with Gasteiger partial charge in [-0.2, -0.15) is 0 Å². The van der Waals surface area contributed by atoms with Crippen molar-refractivity contribution in [1.29, 1.82) is 0 Å². The van der Waals surface area contributed by atoms with Crippen LogP contribution >= 0.6 is 11.8 Å². The predicted octanol–water partition coefficient (Wildman–Crippen LogP) is 3.08. The summed E-state index contributed by atoms with van der Waals surface area (Å²) in [5, 5.41) is 5.68. The van der Waals surface area contributed by atoms with E-state index in [1.165, 1.54) is 30.0 Å². The van der Waals surface area contributed by atoms with E-state index in [0.717, 1.165) is 55.4 Å². The maximum absolute atomic E-state index is 13.1. The summed E-state index contributed by atoms with van der Waals surface area (Å²) in [7, 11) is 0. The largest absolute Gasteiger partial charge is 0.369 e. The van der Waals surface area contributed by atoms with E-state index in [4.69, 9.17) is 0 Å². The van der Waals surface area contributed by atoms with Crippen LogP contribution in [-0.4, -0.2) is 56.0 Å². The normalized spacial score (nSPS) is 17.9. The maximum Gasteiger partial charge on any atom is 0.262 e. The number of hydrogen-bond acceptors (Lipinski definition) is 5. The quantitative estimate of drug-likeness (QED) is 0.534. The van der Waals surface area contributed by atoms with Gasteiger partial charge in [0.05, 0.1) is 10.6 Å². The van der Waals surface area contributed by atoms with Crippen LogP contribution in [0.2, 0.25) is 0 Å². The monoisotopic (exact) mass is 440 g/mol. The molecule has 0 aliphatic carbocycles. The van der Waals surface area contributed by atoms with Gasteiger partial charge in [0.2, 0.25) is 5.91 Å². The number of carbonyl (C=O) groups excluding carboxylic acids is 2. The average Bonchev–Trinajstić information content (AvgIpc) is 2.78. The summed E-state index contributed by atoms with van der Waals surface area (Å²) < 4.78 is 13.1. The lowest BCUT2D eigenvalue weighted by atomic mass is 10.2. The highest BCUT2D eigenvalue weighted by Gasteiger charge is 2.21. The van der Waals surface area contributed by atoms with E-state index < -0.39 is 0 Å². The van der Waals surface area contributed by atoms with Crippen molar-refractivity contribution in [3.05, 3.63) is 65.3 Å². The zero-order valence-corrected chi connectivity index (χ0v) is 18.0. The lowest BCUT2D eigenvalue weighted by molar-refractivity contribution is -0.117. The number of anilines is 2. The van der Waals surface area contributed by atoms with Crippen molar-refractivity contribution in [3.8, 4) is 0 Å². The standard InChI is InChI=1S/C23H25FN4O2S/c24-17-6-8-18(9-7-17)28-14-12-27(13-15-28)11-3-10-25-22(29)16-21-23(30)26-19-4-1-2-5-20(19)31-21/h1-2,4-9,16H,3,10-15H2,(H,25,29)(H,26,30). The van der Waals surface area contributed by atoms with Gasteiger partial charge >= 0.3 is 0 Å². The highest BCUT2D eigenvalue weighted by molar-refractivity contribution is 8.04. The number of halogens is 1. The molecule has 2 N–H and O–H groups in total. The van der Waals surface area contributed by atoms with Crippen LogP contribution in [0, 0.1) is 5.82 Å². The molecule has 1 fully saturated rings. The number of hydrogen-bond donors (Lipinski definition) is 2. The third-order valence-electron chi connectivity index (χ3n) is 5.36. The van der Waals surface area contributed by atoms with Gasteiger partial charge in [-0.15, -0.1) is 0 Å². The van der Waals surface area contributed by atoms with Crippen molar-refractivity contribution in [1.82, 2.24) is 10.2 Å². The first-order chi connectivity index (χ1) is 15.1. The number of fused-ring (bicyclic) bond motifs is 1. The van der Waals surface area contributed by atoms with Gasteiger partial charge in [-0.05, 0) is 49.4 Å². The molecular weight excluding hydrogens is 415 g/mol. The molecule has 2 aliphatic heterocycles. The van der Waals surface area contributed by atoms with E-state index in [0.29, 0.717) is 11.4 Å². The second-order valence-corrected chi connectivity index (χ2v) is 8.59. The first kappa shape index (κ1) is 21.4. The fourth-order valence-electron chi connectivity index (χ4n) is 3.67. The number of para-hydroxylation sites is 1. The van der Waals surface area contributed by atoms with Crippen LogP contribution < -0.4 is 15.5 Å². The predicted molar refractivity (Wildman–Crippen MR) is 122 cm³/mol. The fourth-order valence-corrected chi connectivity index (χ4v) is 4.59. The number of nitrogens with one attached hydrogen (secondary N) is 2. The zero-order chi connectivity index (χ0) is 21.6. The molecule has 0 saturated carbocycles. The van der Waals surface area contributed by atoms with Gasteiger partial charge in [0.25, 0.3) is 5.91 Å². The molecule has 162 valence electrons. The molecule has 0 bridgehead atoms. The lowest BCUT2D eigenvalue weighted by Crippen LogP contribution is -2.47. The van der Waals surface area contributed by atoms with Crippen LogP contribution in [0.4, 0.5) is 15.8 Å². The molecule has 0 aromatic heterocycles. The topological polar surface area (TPSA) is 64.7 Å². The van der Waals surface area contributed by atoms with Gasteiger partial charge in [0.1, 0.15) is 5.82 Å². The van der Waals surface area contributed by atoms with Crippen molar-refractivity contribution < 1.29 is 14.0 Å². The van der Waals surface area contributed by atoms with Crippen LogP contribution in [0.1, 0.15) is 6.42 Å². The number of amides is 2. The number of piperazine rings is 1. The average molecular weight is 441 g/mol. The van der Waals surface area contributed by atoms with E-state index in [2.05, 4.69) is 20.4 Å². The number of benzene rings is 2. The minimum absolute atomic E-state index is 0.215.